The Hall–Kier alpha value is -2.04. The molecule has 2 unspecified atom stereocenters. The van der Waals surface area contributed by atoms with Crippen molar-refractivity contribution in [1.29, 1.82) is 0 Å². The molecule has 0 radical (unpaired) electrons. The molecule has 0 bridgehead atoms. The van der Waals surface area contributed by atoms with E-state index in [1.165, 1.54) is 0 Å². The Labute approximate surface area is 125 Å². The molecule has 0 aliphatic heterocycles. The third kappa shape index (κ3) is 5.45. The van der Waals surface area contributed by atoms with Gasteiger partial charge in [0.25, 0.3) is 0 Å². The zero-order valence-corrected chi connectivity index (χ0v) is 12.8. The standard InChI is InChI=1S/C16H24N2O3/c1-10(16(20)21)5-4-6-12(3)18-13-7-8-14(15(17)19)11(2)9-13/h7-10,12,18H,4-6H2,1-3H3,(H2,17,19)(H,20,21). The molecular formula is C16H24N2O3. The minimum atomic E-state index is -0.742. The van der Waals surface area contributed by atoms with Gasteiger partial charge in [0.1, 0.15) is 0 Å². The number of carbonyl (C=O) groups is 2. The molecule has 1 amide bonds. The van der Waals surface area contributed by atoms with Crippen LogP contribution in [0.15, 0.2) is 18.2 Å². The minimum Gasteiger partial charge on any atom is -0.481 e. The topological polar surface area (TPSA) is 92.4 Å². The summed E-state index contributed by atoms with van der Waals surface area (Å²) in [4.78, 5) is 21.9. The summed E-state index contributed by atoms with van der Waals surface area (Å²) in [5.74, 6) is -1.46. The van der Waals surface area contributed by atoms with Crippen LogP contribution >= 0.6 is 0 Å². The quantitative estimate of drug-likeness (QED) is 0.687. The van der Waals surface area contributed by atoms with Crippen molar-refractivity contribution in [2.45, 2.75) is 46.1 Å². The van der Waals surface area contributed by atoms with Crippen molar-refractivity contribution in [3.8, 4) is 0 Å². The first-order valence-electron chi connectivity index (χ1n) is 7.21. The molecule has 1 aromatic rings. The number of hydrogen-bond donors (Lipinski definition) is 3. The number of carboxylic acid groups (broad SMARTS) is 1. The molecule has 2 atom stereocenters. The van der Waals surface area contributed by atoms with Gasteiger partial charge in [-0.2, -0.15) is 0 Å². The molecule has 1 aromatic carbocycles. The van der Waals surface area contributed by atoms with Gasteiger partial charge in [0, 0.05) is 17.3 Å². The number of carbonyl (C=O) groups excluding carboxylic acids is 1. The van der Waals surface area contributed by atoms with Gasteiger partial charge in [-0.15, -0.1) is 0 Å². The second kappa shape index (κ2) is 7.67. The van der Waals surface area contributed by atoms with E-state index in [4.69, 9.17) is 10.8 Å². The lowest BCUT2D eigenvalue weighted by Gasteiger charge is -2.17. The van der Waals surface area contributed by atoms with Crippen LogP contribution in [0.2, 0.25) is 0 Å². The molecule has 0 aliphatic rings. The smallest absolute Gasteiger partial charge is 0.306 e. The van der Waals surface area contributed by atoms with Crippen molar-refractivity contribution in [3.63, 3.8) is 0 Å². The summed E-state index contributed by atoms with van der Waals surface area (Å²) in [5.41, 5.74) is 7.60. The lowest BCUT2D eigenvalue weighted by Crippen LogP contribution is -2.17. The van der Waals surface area contributed by atoms with Gasteiger partial charge >= 0.3 is 5.97 Å². The van der Waals surface area contributed by atoms with Gasteiger partial charge in [0.2, 0.25) is 5.91 Å². The van der Waals surface area contributed by atoms with Gasteiger partial charge in [0.05, 0.1) is 5.92 Å². The number of anilines is 1. The van der Waals surface area contributed by atoms with Gasteiger partial charge in [-0.3, -0.25) is 9.59 Å². The Morgan fingerprint density at radius 1 is 1.29 bits per heavy atom. The summed E-state index contributed by atoms with van der Waals surface area (Å²) in [7, 11) is 0. The summed E-state index contributed by atoms with van der Waals surface area (Å²) in [6, 6.07) is 5.70. The fraction of sp³-hybridized carbons (Fsp3) is 0.500. The molecule has 1 rings (SSSR count). The predicted molar refractivity (Wildman–Crippen MR) is 83.4 cm³/mol. The molecular weight excluding hydrogens is 268 g/mol. The Kier molecular flexibility index (Phi) is 6.21. The molecule has 0 spiro atoms. The number of aryl methyl sites for hydroxylation is 1. The number of rotatable bonds is 8. The van der Waals surface area contributed by atoms with E-state index in [2.05, 4.69) is 12.2 Å². The van der Waals surface area contributed by atoms with E-state index in [1.807, 2.05) is 19.1 Å². The van der Waals surface area contributed by atoms with Crippen LogP contribution in [0, 0.1) is 12.8 Å². The lowest BCUT2D eigenvalue weighted by atomic mass is 10.0. The van der Waals surface area contributed by atoms with E-state index in [0.717, 1.165) is 24.1 Å². The molecule has 5 nitrogen and oxygen atoms in total. The van der Waals surface area contributed by atoms with Gasteiger partial charge in [-0.1, -0.05) is 13.3 Å². The van der Waals surface area contributed by atoms with Crippen LogP contribution in [0.5, 0.6) is 0 Å². The monoisotopic (exact) mass is 292 g/mol. The fourth-order valence-electron chi connectivity index (χ4n) is 2.24. The van der Waals surface area contributed by atoms with Gasteiger partial charge < -0.3 is 16.2 Å². The van der Waals surface area contributed by atoms with Crippen molar-refractivity contribution in [2.75, 3.05) is 5.32 Å². The summed E-state index contributed by atoms with van der Waals surface area (Å²) in [6.45, 7) is 5.64. The Balaban J connectivity index is 2.48. The predicted octanol–water partition coefficient (Wildman–Crippen LogP) is 2.79. The highest BCUT2D eigenvalue weighted by molar-refractivity contribution is 5.94. The number of aliphatic carboxylic acids is 1. The van der Waals surface area contributed by atoms with Crippen LogP contribution in [0.4, 0.5) is 5.69 Å². The number of hydrogen-bond acceptors (Lipinski definition) is 3. The molecule has 0 fully saturated rings. The summed E-state index contributed by atoms with van der Waals surface area (Å²) in [6.07, 6.45) is 2.44. The second-order valence-corrected chi connectivity index (χ2v) is 5.61. The molecule has 0 aromatic heterocycles. The first-order valence-corrected chi connectivity index (χ1v) is 7.21. The maximum atomic E-state index is 11.2. The highest BCUT2D eigenvalue weighted by atomic mass is 16.4. The highest BCUT2D eigenvalue weighted by Crippen LogP contribution is 2.17. The van der Waals surface area contributed by atoms with Crippen molar-refractivity contribution >= 4 is 17.6 Å². The van der Waals surface area contributed by atoms with Crippen LogP contribution in [-0.4, -0.2) is 23.0 Å². The lowest BCUT2D eigenvalue weighted by molar-refractivity contribution is -0.141. The van der Waals surface area contributed by atoms with E-state index in [9.17, 15) is 9.59 Å². The van der Waals surface area contributed by atoms with Crippen molar-refractivity contribution in [3.05, 3.63) is 29.3 Å². The molecule has 0 aliphatic carbocycles. The van der Waals surface area contributed by atoms with Gasteiger partial charge in [-0.25, -0.2) is 0 Å². The molecule has 0 heterocycles. The highest BCUT2D eigenvalue weighted by Gasteiger charge is 2.11. The summed E-state index contributed by atoms with van der Waals surface area (Å²) < 4.78 is 0. The zero-order valence-electron chi connectivity index (χ0n) is 12.8. The van der Waals surface area contributed by atoms with E-state index < -0.39 is 11.9 Å². The largest absolute Gasteiger partial charge is 0.481 e. The molecule has 116 valence electrons. The summed E-state index contributed by atoms with van der Waals surface area (Å²) >= 11 is 0. The Morgan fingerprint density at radius 2 is 1.95 bits per heavy atom. The van der Waals surface area contributed by atoms with Crippen LogP contribution in [0.1, 0.15) is 49.0 Å². The maximum Gasteiger partial charge on any atom is 0.306 e. The second-order valence-electron chi connectivity index (χ2n) is 5.61. The van der Waals surface area contributed by atoms with Crippen molar-refractivity contribution in [1.82, 2.24) is 0 Å². The zero-order chi connectivity index (χ0) is 16.0. The SMILES string of the molecule is Cc1cc(NC(C)CCCC(C)C(=O)O)ccc1C(N)=O. The normalized spacial score (nSPS) is 13.5. The summed E-state index contributed by atoms with van der Waals surface area (Å²) in [5, 5.41) is 12.2. The first-order chi connectivity index (χ1) is 9.81. The van der Waals surface area contributed by atoms with Crippen molar-refractivity contribution in [2.24, 2.45) is 11.7 Å². The number of nitrogens with one attached hydrogen (secondary N) is 1. The number of amides is 1. The fourth-order valence-corrected chi connectivity index (χ4v) is 2.24. The molecule has 0 saturated carbocycles. The molecule has 5 heteroatoms. The number of primary amides is 1. The van der Waals surface area contributed by atoms with Crippen LogP contribution in [-0.2, 0) is 4.79 Å². The molecule has 21 heavy (non-hydrogen) atoms. The van der Waals surface area contributed by atoms with Crippen LogP contribution in [0.3, 0.4) is 0 Å². The molecule has 4 N–H and O–H groups in total. The average Bonchev–Trinajstić information content (AvgIpc) is 2.37. The van der Waals surface area contributed by atoms with E-state index in [0.29, 0.717) is 12.0 Å². The molecule has 0 saturated heterocycles. The van der Waals surface area contributed by atoms with E-state index in [1.54, 1.807) is 13.0 Å². The minimum absolute atomic E-state index is 0.241. The Morgan fingerprint density at radius 3 is 2.48 bits per heavy atom. The third-order valence-electron chi connectivity index (χ3n) is 3.60. The average molecular weight is 292 g/mol. The third-order valence-corrected chi connectivity index (χ3v) is 3.60. The maximum absolute atomic E-state index is 11.2. The number of benzene rings is 1. The van der Waals surface area contributed by atoms with Crippen molar-refractivity contribution < 1.29 is 14.7 Å². The Bertz CT molecular complexity index is 514. The van der Waals surface area contributed by atoms with Crippen LogP contribution < -0.4 is 11.1 Å². The van der Waals surface area contributed by atoms with Gasteiger partial charge in [-0.05, 0) is 50.5 Å². The van der Waals surface area contributed by atoms with Crippen LogP contribution in [0.25, 0.3) is 0 Å². The number of carboxylic acids is 1. The van der Waals surface area contributed by atoms with E-state index in [-0.39, 0.29) is 12.0 Å². The van der Waals surface area contributed by atoms with E-state index >= 15 is 0 Å². The van der Waals surface area contributed by atoms with Gasteiger partial charge in [0.15, 0.2) is 0 Å². The number of nitrogens with two attached hydrogens (primary N) is 1. The first kappa shape index (κ1) is 17.0.